The maximum absolute atomic E-state index is 9.47. The van der Waals surface area contributed by atoms with Gasteiger partial charge in [0.1, 0.15) is 0 Å². The molecule has 1 aromatic rings. The molecule has 1 saturated heterocycles. The van der Waals surface area contributed by atoms with Crippen molar-refractivity contribution in [2.45, 2.75) is 38.8 Å². The number of aliphatic hydroxyl groups is 1. The van der Waals surface area contributed by atoms with Gasteiger partial charge in [-0.05, 0) is 30.9 Å². The van der Waals surface area contributed by atoms with Crippen molar-refractivity contribution in [3.05, 3.63) is 24.0 Å². The summed E-state index contributed by atoms with van der Waals surface area (Å²) in [6, 6.07) is 4.31. The largest absolute Gasteiger partial charge is 0.394 e. The van der Waals surface area contributed by atoms with Gasteiger partial charge in [-0.1, -0.05) is 13.8 Å². The van der Waals surface area contributed by atoms with Gasteiger partial charge in [-0.15, -0.1) is 0 Å². The highest BCUT2D eigenvalue weighted by Gasteiger charge is 2.30. The number of aromatic nitrogens is 1. The lowest BCUT2D eigenvalue weighted by Gasteiger charge is -2.27. The van der Waals surface area contributed by atoms with Crippen LogP contribution in [0, 0.1) is 5.92 Å². The fourth-order valence-electron chi connectivity index (χ4n) is 2.60. The number of anilines is 1. The Balaban J connectivity index is 2.14. The lowest BCUT2D eigenvalue weighted by atomic mass is 10.0. The molecule has 1 aliphatic rings. The van der Waals surface area contributed by atoms with Crippen molar-refractivity contribution in [3.8, 4) is 0 Å². The molecule has 3 N–H and O–H groups in total. The SMILES string of the molecule is CCC(N)c1ccc(N2CCC(C)C2CO)cn1. The van der Waals surface area contributed by atoms with Crippen LogP contribution in [-0.2, 0) is 0 Å². The fraction of sp³-hybridized carbons (Fsp3) is 0.643. The van der Waals surface area contributed by atoms with E-state index >= 15 is 0 Å². The van der Waals surface area contributed by atoms with Crippen molar-refractivity contribution in [2.75, 3.05) is 18.1 Å². The van der Waals surface area contributed by atoms with E-state index in [4.69, 9.17) is 5.73 Å². The Morgan fingerprint density at radius 1 is 1.56 bits per heavy atom. The van der Waals surface area contributed by atoms with Crippen molar-refractivity contribution in [1.29, 1.82) is 0 Å². The van der Waals surface area contributed by atoms with Gasteiger partial charge in [0, 0.05) is 12.6 Å². The van der Waals surface area contributed by atoms with E-state index in [1.54, 1.807) is 0 Å². The summed E-state index contributed by atoms with van der Waals surface area (Å²) in [7, 11) is 0. The second-order valence-corrected chi connectivity index (χ2v) is 5.17. The van der Waals surface area contributed by atoms with Crippen molar-refractivity contribution in [1.82, 2.24) is 4.98 Å². The predicted octanol–water partition coefficient (Wildman–Crippen LogP) is 1.70. The molecule has 2 heterocycles. The van der Waals surface area contributed by atoms with Gasteiger partial charge in [0.05, 0.1) is 30.2 Å². The topological polar surface area (TPSA) is 62.4 Å². The minimum atomic E-state index is 0.0187. The van der Waals surface area contributed by atoms with E-state index in [1.807, 2.05) is 12.3 Å². The Hall–Kier alpha value is -1.13. The zero-order chi connectivity index (χ0) is 13.1. The van der Waals surface area contributed by atoms with Crippen molar-refractivity contribution in [2.24, 2.45) is 11.7 Å². The van der Waals surface area contributed by atoms with Gasteiger partial charge in [-0.3, -0.25) is 4.98 Å². The molecule has 3 atom stereocenters. The van der Waals surface area contributed by atoms with Gasteiger partial charge in [0.2, 0.25) is 0 Å². The first-order valence-electron chi connectivity index (χ1n) is 6.76. The molecule has 0 amide bonds. The monoisotopic (exact) mass is 249 g/mol. The van der Waals surface area contributed by atoms with Crippen LogP contribution in [0.5, 0.6) is 0 Å². The molecule has 0 aromatic carbocycles. The molecule has 0 bridgehead atoms. The third kappa shape index (κ3) is 2.49. The van der Waals surface area contributed by atoms with E-state index in [9.17, 15) is 5.11 Å². The van der Waals surface area contributed by atoms with Crippen molar-refractivity contribution in [3.63, 3.8) is 0 Å². The van der Waals surface area contributed by atoms with Gasteiger partial charge >= 0.3 is 0 Å². The molecule has 4 nitrogen and oxygen atoms in total. The standard InChI is InChI=1S/C14H23N3O/c1-3-12(15)13-5-4-11(8-16-13)17-7-6-10(2)14(17)9-18/h4-5,8,10,12,14,18H,3,6-7,9,15H2,1-2H3. The Labute approximate surface area is 109 Å². The summed E-state index contributed by atoms with van der Waals surface area (Å²) in [5.74, 6) is 0.535. The number of hydrogen-bond donors (Lipinski definition) is 2. The molecule has 2 rings (SSSR count). The lowest BCUT2D eigenvalue weighted by molar-refractivity contribution is 0.244. The summed E-state index contributed by atoms with van der Waals surface area (Å²) < 4.78 is 0. The first kappa shape index (κ1) is 13.3. The fourth-order valence-corrected chi connectivity index (χ4v) is 2.60. The molecule has 18 heavy (non-hydrogen) atoms. The highest BCUT2D eigenvalue weighted by molar-refractivity contribution is 5.47. The maximum Gasteiger partial charge on any atom is 0.0637 e. The molecule has 1 aliphatic heterocycles. The second kappa shape index (κ2) is 5.67. The number of hydrogen-bond acceptors (Lipinski definition) is 4. The molecule has 4 heteroatoms. The summed E-state index contributed by atoms with van der Waals surface area (Å²) in [5.41, 5.74) is 7.98. The normalized spacial score (nSPS) is 25.4. The quantitative estimate of drug-likeness (QED) is 0.852. The number of nitrogens with two attached hydrogens (primary N) is 1. The average molecular weight is 249 g/mol. The number of nitrogens with zero attached hydrogens (tertiary/aromatic N) is 2. The van der Waals surface area contributed by atoms with E-state index in [1.165, 1.54) is 0 Å². The Bertz CT molecular complexity index is 379. The minimum absolute atomic E-state index is 0.0187. The smallest absolute Gasteiger partial charge is 0.0637 e. The third-order valence-electron chi connectivity index (χ3n) is 3.99. The molecule has 3 unspecified atom stereocenters. The molecule has 0 saturated carbocycles. The van der Waals surface area contributed by atoms with Crippen molar-refractivity contribution < 1.29 is 5.11 Å². The van der Waals surface area contributed by atoms with Gasteiger partial charge in [0.15, 0.2) is 0 Å². The van der Waals surface area contributed by atoms with Crippen LogP contribution in [0.15, 0.2) is 18.3 Å². The van der Waals surface area contributed by atoms with Crippen LogP contribution < -0.4 is 10.6 Å². The third-order valence-corrected chi connectivity index (χ3v) is 3.99. The van der Waals surface area contributed by atoms with Crippen LogP contribution in [0.1, 0.15) is 38.4 Å². The number of pyridine rings is 1. The molecule has 0 spiro atoms. The van der Waals surface area contributed by atoms with Crippen LogP contribution >= 0.6 is 0 Å². The van der Waals surface area contributed by atoms with Crippen LogP contribution in [0.25, 0.3) is 0 Å². The highest BCUT2D eigenvalue weighted by atomic mass is 16.3. The Morgan fingerprint density at radius 2 is 2.33 bits per heavy atom. The molecule has 100 valence electrons. The average Bonchev–Trinajstić information content (AvgIpc) is 2.79. The van der Waals surface area contributed by atoms with Crippen LogP contribution in [0.2, 0.25) is 0 Å². The first-order chi connectivity index (χ1) is 8.67. The summed E-state index contributed by atoms with van der Waals surface area (Å²) in [5, 5.41) is 9.47. The number of rotatable bonds is 4. The van der Waals surface area contributed by atoms with E-state index in [-0.39, 0.29) is 18.7 Å². The van der Waals surface area contributed by atoms with Crippen LogP contribution in [0.3, 0.4) is 0 Å². The van der Waals surface area contributed by atoms with E-state index in [0.717, 1.165) is 30.8 Å². The maximum atomic E-state index is 9.47. The first-order valence-corrected chi connectivity index (χ1v) is 6.76. The zero-order valence-electron chi connectivity index (χ0n) is 11.2. The molecular weight excluding hydrogens is 226 g/mol. The van der Waals surface area contributed by atoms with Gasteiger partial charge in [-0.25, -0.2) is 0 Å². The highest BCUT2D eigenvalue weighted by Crippen LogP contribution is 2.29. The summed E-state index contributed by atoms with van der Waals surface area (Å²) in [6.45, 7) is 5.45. The Kier molecular flexibility index (Phi) is 4.19. The molecule has 1 aromatic heterocycles. The molecule has 0 aliphatic carbocycles. The van der Waals surface area contributed by atoms with Gasteiger partial charge in [0.25, 0.3) is 0 Å². The molecule has 1 fully saturated rings. The van der Waals surface area contributed by atoms with Crippen molar-refractivity contribution >= 4 is 5.69 Å². The molecular formula is C14H23N3O. The summed E-state index contributed by atoms with van der Waals surface area (Å²) in [6.07, 6.45) is 3.90. The number of aliphatic hydroxyl groups excluding tert-OH is 1. The summed E-state index contributed by atoms with van der Waals surface area (Å²) in [4.78, 5) is 6.69. The zero-order valence-corrected chi connectivity index (χ0v) is 11.2. The van der Waals surface area contributed by atoms with E-state index < -0.39 is 0 Å². The van der Waals surface area contributed by atoms with Gasteiger partial charge < -0.3 is 15.7 Å². The predicted molar refractivity (Wildman–Crippen MR) is 73.5 cm³/mol. The second-order valence-electron chi connectivity index (χ2n) is 5.17. The van der Waals surface area contributed by atoms with Gasteiger partial charge in [-0.2, -0.15) is 0 Å². The van der Waals surface area contributed by atoms with E-state index in [2.05, 4.69) is 29.8 Å². The summed E-state index contributed by atoms with van der Waals surface area (Å²) >= 11 is 0. The minimum Gasteiger partial charge on any atom is -0.394 e. The van der Waals surface area contributed by atoms with Crippen LogP contribution in [0.4, 0.5) is 5.69 Å². The lowest BCUT2D eigenvalue weighted by Crippen LogP contribution is -2.35. The van der Waals surface area contributed by atoms with Crippen LogP contribution in [-0.4, -0.2) is 29.3 Å². The Morgan fingerprint density at radius 3 is 2.89 bits per heavy atom. The molecule has 0 radical (unpaired) electrons. The van der Waals surface area contributed by atoms with E-state index in [0.29, 0.717) is 5.92 Å².